The van der Waals surface area contributed by atoms with Gasteiger partial charge in [-0.2, -0.15) is 0 Å². The number of aryl methyl sites for hydroxylation is 1. The Hall–Kier alpha value is -1.43. The zero-order valence-corrected chi connectivity index (χ0v) is 14.1. The van der Waals surface area contributed by atoms with Gasteiger partial charge < -0.3 is 14.4 Å². The van der Waals surface area contributed by atoms with Crippen LogP contribution < -0.4 is 0 Å². The van der Waals surface area contributed by atoms with Crippen molar-refractivity contribution in [3.05, 3.63) is 35.4 Å². The highest BCUT2D eigenvalue weighted by molar-refractivity contribution is 5.78. The monoisotopic (exact) mass is 318 g/mol. The van der Waals surface area contributed by atoms with Gasteiger partial charge in [-0.1, -0.05) is 24.3 Å². The van der Waals surface area contributed by atoms with E-state index in [0.717, 1.165) is 32.5 Å². The van der Waals surface area contributed by atoms with Gasteiger partial charge in [-0.05, 0) is 25.1 Å². The van der Waals surface area contributed by atoms with Gasteiger partial charge in [0.05, 0.1) is 19.8 Å². The fourth-order valence-corrected chi connectivity index (χ4v) is 3.35. The van der Waals surface area contributed by atoms with Crippen LogP contribution in [0.4, 0.5) is 0 Å². The van der Waals surface area contributed by atoms with Gasteiger partial charge in [0, 0.05) is 32.5 Å². The summed E-state index contributed by atoms with van der Waals surface area (Å²) >= 11 is 0. The summed E-state index contributed by atoms with van der Waals surface area (Å²) in [5.74, 6) is -0.224. The highest BCUT2D eigenvalue weighted by atomic mass is 16.7. The lowest BCUT2D eigenvalue weighted by molar-refractivity contribution is -0.187. The molecule has 1 amide bonds. The van der Waals surface area contributed by atoms with Gasteiger partial charge in [0.2, 0.25) is 5.91 Å². The number of ether oxygens (including phenoxy) is 2. The van der Waals surface area contributed by atoms with Crippen LogP contribution in [-0.2, 0) is 20.8 Å². The average molecular weight is 318 g/mol. The van der Waals surface area contributed by atoms with Crippen molar-refractivity contribution < 1.29 is 14.3 Å². The van der Waals surface area contributed by atoms with Crippen LogP contribution in [0.15, 0.2) is 24.3 Å². The molecule has 0 aromatic heterocycles. The normalized spacial score (nSPS) is 20.4. The number of amides is 1. The molecule has 2 aliphatic heterocycles. The maximum Gasteiger partial charge on any atom is 0.236 e. The molecule has 2 fully saturated rings. The van der Waals surface area contributed by atoms with Crippen molar-refractivity contribution in [1.29, 1.82) is 0 Å². The predicted octanol–water partition coefficient (Wildman–Crippen LogP) is 1.79. The molecule has 1 spiro atoms. The molecule has 126 valence electrons. The number of rotatable bonds is 4. The first-order valence-electron chi connectivity index (χ1n) is 8.37. The second-order valence-electron chi connectivity index (χ2n) is 6.59. The van der Waals surface area contributed by atoms with E-state index in [1.165, 1.54) is 11.1 Å². The molecule has 0 N–H and O–H groups in total. The molecule has 5 heteroatoms. The van der Waals surface area contributed by atoms with Crippen molar-refractivity contribution in [2.45, 2.75) is 32.1 Å². The molecule has 23 heavy (non-hydrogen) atoms. The van der Waals surface area contributed by atoms with Crippen LogP contribution in [0.3, 0.4) is 0 Å². The van der Waals surface area contributed by atoms with Crippen molar-refractivity contribution in [2.24, 2.45) is 0 Å². The van der Waals surface area contributed by atoms with Crippen LogP contribution in [0.2, 0.25) is 0 Å². The molecule has 2 aliphatic rings. The smallest absolute Gasteiger partial charge is 0.236 e. The summed E-state index contributed by atoms with van der Waals surface area (Å²) in [5.41, 5.74) is 2.54. The number of likely N-dealkylation sites (tertiary alicyclic amines) is 1. The number of carbonyl (C=O) groups excluding carboxylic acids is 1. The molecule has 2 saturated heterocycles. The number of hydrogen-bond acceptors (Lipinski definition) is 4. The summed E-state index contributed by atoms with van der Waals surface area (Å²) in [6, 6.07) is 8.32. The van der Waals surface area contributed by atoms with Crippen LogP contribution in [-0.4, -0.2) is 61.4 Å². The summed E-state index contributed by atoms with van der Waals surface area (Å²) in [5, 5.41) is 0. The Morgan fingerprint density at radius 1 is 1.22 bits per heavy atom. The maximum atomic E-state index is 12.5. The van der Waals surface area contributed by atoms with E-state index >= 15 is 0 Å². The van der Waals surface area contributed by atoms with Gasteiger partial charge in [-0.15, -0.1) is 0 Å². The summed E-state index contributed by atoms with van der Waals surface area (Å²) in [7, 11) is 2.00. The van der Waals surface area contributed by atoms with E-state index < -0.39 is 5.79 Å². The summed E-state index contributed by atoms with van der Waals surface area (Å²) in [6.45, 7) is 6.14. The standard InChI is InChI=1S/C18H26N2O3/c1-15-5-3-4-6-16(15)13-19(2)14-17(21)20-9-7-18(8-10-20)22-11-12-23-18/h3-6H,7-14H2,1-2H3. The topological polar surface area (TPSA) is 42.0 Å². The minimum Gasteiger partial charge on any atom is -0.347 e. The first-order valence-corrected chi connectivity index (χ1v) is 8.37. The van der Waals surface area contributed by atoms with Crippen LogP contribution in [0, 0.1) is 6.92 Å². The third-order valence-electron chi connectivity index (χ3n) is 4.80. The Labute approximate surface area is 138 Å². The quantitative estimate of drug-likeness (QED) is 0.849. The van der Waals surface area contributed by atoms with Crippen LogP contribution in [0.5, 0.6) is 0 Å². The molecule has 0 radical (unpaired) electrons. The Morgan fingerprint density at radius 2 is 1.87 bits per heavy atom. The minimum atomic E-state index is -0.413. The van der Waals surface area contributed by atoms with Crippen LogP contribution in [0.1, 0.15) is 24.0 Å². The average Bonchev–Trinajstić information content (AvgIpc) is 2.98. The van der Waals surface area contributed by atoms with Gasteiger partial charge in [-0.3, -0.25) is 9.69 Å². The number of piperidine rings is 1. The second-order valence-corrected chi connectivity index (χ2v) is 6.59. The summed E-state index contributed by atoms with van der Waals surface area (Å²) in [4.78, 5) is 16.5. The van der Waals surface area contributed by atoms with E-state index in [0.29, 0.717) is 19.8 Å². The third kappa shape index (κ3) is 3.91. The molecule has 1 aromatic rings. The highest BCUT2D eigenvalue weighted by Gasteiger charge is 2.40. The zero-order valence-electron chi connectivity index (χ0n) is 14.1. The summed E-state index contributed by atoms with van der Waals surface area (Å²) in [6.07, 6.45) is 1.56. The first kappa shape index (κ1) is 16.4. The molecule has 0 aliphatic carbocycles. The van der Waals surface area contributed by atoms with Crippen molar-refractivity contribution in [3.8, 4) is 0 Å². The van der Waals surface area contributed by atoms with E-state index in [4.69, 9.17) is 9.47 Å². The van der Waals surface area contributed by atoms with E-state index in [1.54, 1.807) is 0 Å². The molecule has 0 bridgehead atoms. The van der Waals surface area contributed by atoms with Gasteiger partial charge in [0.1, 0.15) is 0 Å². The largest absolute Gasteiger partial charge is 0.347 e. The van der Waals surface area contributed by atoms with E-state index in [2.05, 4.69) is 24.0 Å². The number of benzene rings is 1. The lowest BCUT2D eigenvalue weighted by Crippen LogP contribution is -2.49. The van der Waals surface area contributed by atoms with Gasteiger partial charge >= 0.3 is 0 Å². The Bertz CT molecular complexity index is 545. The van der Waals surface area contributed by atoms with Gasteiger partial charge in [0.15, 0.2) is 5.79 Å². The predicted molar refractivity (Wildman–Crippen MR) is 88.0 cm³/mol. The maximum absolute atomic E-state index is 12.5. The second kappa shape index (κ2) is 6.99. The Kier molecular flexibility index (Phi) is 4.99. The lowest BCUT2D eigenvalue weighted by atomic mass is 10.0. The Balaban J connectivity index is 1.48. The molecular weight excluding hydrogens is 292 g/mol. The van der Waals surface area contributed by atoms with E-state index in [1.807, 2.05) is 24.1 Å². The van der Waals surface area contributed by atoms with Crippen molar-refractivity contribution >= 4 is 5.91 Å². The van der Waals surface area contributed by atoms with E-state index in [-0.39, 0.29) is 5.91 Å². The lowest BCUT2D eigenvalue weighted by Gasteiger charge is -2.38. The molecule has 2 heterocycles. The number of nitrogens with zero attached hydrogens (tertiary/aromatic N) is 2. The zero-order chi connectivity index (χ0) is 16.3. The summed E-state index contributed by atoms with van der Waals surface area (Å²) < 4.78 is 11.4. The van der Waals surface area contributed by atoms with Gasteiger partial charge in [-0.25, -0.2) is 0 Å². The van der Waals surface area contributed by atoms with Crippen molar-refractivity contribution in [3.63, 3.8) is 0 Å². The number of hydrogen-bond donors (Lipinski definition) is 0. The molecule has 3 rings (SSSR count). The van der Waals surface area contributed by atoms with Crippen molar-refractivity contribution in [1.82, 2.24) is 9.80 Å². The fraction of sp³-hybridized carbons (Fsp3) is 0.611. The molecule has 1 aromatic carbocycles. The molecule has 0 atom stereocenters. The fourth-order valence-electron chi connectivity index (χ4n) is 3.35. The third-order valence-corrected chi connectivity index (χ3v) is 4.80. The van der Waals surface area contributed by atoms with Gasteiger partial charge in [0.25, 0.3) is 0 Å². The minimum absolute atomic E-state index is 0.189. The highest BCUT2D eigenvalue weighted by Crippen LogP contribution is 2.31. The van der Waals surface area contributed by atoms with E-state index in [9.17, 15) is 4.79 Å². The van der Waals surface area contributed by atoms with Crippen LogP contribution in [0.25, 0.3) is 0 Å². The molecule has 0 unspecified atom stereocenters. The molecule has 0 saturated carbocycles. The number of carbonyl (C=O) groups is 1. The number of likely N-dealkylation sites (N-methyl/N-ethyl adjacent to an activating group) is 1. The first-order chi connectivity index (χ1) is 11.1. The van der Waals surface area contributed by atoms with Crippen LogP contribution >= 0.6 is 0 Å². The Morgan fingerprint density at radius 3 is 2.52 bits per heavy atom. The SMILES string of the molecule is Cc1ccccc1CN(C)CC(=O)N1CCC2(CC1)OCCO2. The molecule has 5 nitrogen and oxygen atoms in total. The van der Waals surface area contributed by atoms with Crippen molar-refractivity contribution in [2.75, 3.05) is 39.9 Å². The molecular formula is C18H26N2O3.